The van der Waals surface area contributed by atoms with E-state index >= 15 is 0 Å². The third-order valence-electron chi connectivity index (χ3n) is 7.36. The third-order valence-corrected chi connectivity index (χ3v) is 7.36. The molecule has 1 aliphatic carbocycles. The summed E-state index contributed by atoms with van der Waals surface area (Å²) in [5, 5.41) is 0. The average molecular weight is 481 g/mol. The van der Waals surface area contributed by atoms with Gasteiger partial charge in [-0.1, -0.05) is 36.4 Å². The van der Waals surface area contributed by atoms with Crippen molar-refractivity contribution >= 4 is 11.5 Å². The second-order valence-corrected chi connectivity index (χ2v) is 8.59. The highest BCUT2D eigenvalue weighted by molar-refractivity contribution is 5.89. The molecule has 0 radical (unpaired) electrons. The van der Waals surface area contributed by atoms with Crippen molar-refractivity contribution in [3.63, 3.8) is 0 Å². The molecule has 2 heterocycles. The Labute approximate surface area is 180 Å². The average Bonchev–Trinajstić information content (AvgIpc) is 2.85. The van der Waals surface area contributed by atoms with Crippen molar-refractivity contribution in [3.05, 3.63) is 42.0 Å². The number of halogens is 1. The number of fused-ring (bicyclic) bond motifs is 2. The molecule has 148 valence electrons. The number of allylic oxidation sites excluding steroid dienone is 1. The number of piperidine rings is 1. The highest BCUT2D eigenvalue weighted by atomic mass is 127. The molecule has 0 spiro atoms. The maximum Gasteiger partial charge on any atom is 0.313 e. The molecule has 5 atom stereocenters. The molecule has 2 saturated heterocycles. The van der Waals surface area contributed by atoms with Crippen LogP contribution in [0.3, 0.4) is 0 Å². The Morgan fingerprint density at radius 1 is 1.11 bits per heavy atom. The summed E-state index contributed by atoms with van der Waals surface area (Å²) in [4.78, 5) is 13.0. The molecule has 1 aromatic rings. The molecule has 1 aromatic carbocycles. The van der Waals surface area contributed by atoms with Gasteiger partial charge in [0.2, 0.25) is 0 Å². The van der Waals surface area contributed by atoms with Crippen LogP contribution in [0.4, 0.5) is 0 Å². The zero-order chi connectivity index (χ0) is 18.1. The Morgan fingerprint density at radius 2 is 1.78 bits per heavy atom. The third kappa shape index (κ3) is 3.98. The fourth-order valence-electron chi connectivity index (χ4n) is 5.62. The van der Waals surface area contributed by atoms with Crippen LogP contribution in [0.25, 0.3) is 5.57 Å². The molecule has 0 amide bonds. The van der Waals surface area contributed by atoms with E-state index in [2.05, 4.69) is 44.3 Å². The normalized spacial score (nSPS) is 35.1. The van der Waals surface area contributed by atoms with Crippen molar-refractivity contribution in [1.82, 2.24) is 0 Å². The van der Waals surface area contributed by atoms with Crippen LogP contribution in [0.15, 0.2) is 36.4 Å². The van der Waals surface area contributed by atoms with Crippen LogP contribution in [0.2, 0.25) is 0 Å². The van der Waals surface area contributed by atoms with Gasteiger partial charge in [0.1, 0.15) is 6.10 Å². The molecule has 0 aromatic heterocycles. The number of nitrogens with zero attached hydrogens (tertiary/aromatic N) is 1. The van der Waals surface area contributed by atoms with Gasteiger partial charge < -0.3 is 33.2 Å². The van der Waals surface area contributed by atoms with Gasteiger partial charge in [0.05, 0.1) is 31.6 Å². The first-order chi connectivity index (χ1) is 12.6. The summed E-state index contributed by atoms with van der Waals surface area (Å²) in [5.41, 5.74) is 2.35. The van der Waals surface area contributed by atoms with Gasteiger partial charge in [-0.15, -0.1) is 0 Å². The number of hydrogen-bond acceptors (Lipinski definition) is 2. The summed E-state index contributed by atoms with van der Waals surface area (Å²) < 4.78 is 7.30. The summed E-state index contributed by atoms with van der Waals surface area (Å²) in [7, 11) is 2.40. The predicted molar refractivity (Wildman–Crippen MR) is 104 cm³/mol. The molecule has 0 N–H and O–H groups in total. The van der Waals surface area contributed by atoms with Gasteiger partial charge in [-0.25, -0.2) is 0 Å². The van der Waals surface area contributed by atoms with Gasteiger partial charge in [-0.2, -0.15) is 0 Å². The first-order valence-corrected chi connectivity index (χ1v) is 10.4. The van der Waals surface area contributed by atoms with Gasteiger partial charge in [-0.05, 0) is 37.3 Å². The highest BCUT2D eigenvalue weighted by Crippen LogP contribution is 2.42. The fourth-order valence-corrected chi connectivity index (χ4v) is 5.62. The summed E-state index contributed by atoms with van der Waals surface area (Å²) >= 11 is 0. The molecule has 4 heteroatoms. The molecule has 3 aliphatic rings. The van der Waals surface area contributed by atoms with E-state index in [1.165, 1.54) is 35.0 Å². The van der Waals surface area contributed by atoms with E-state index in [1.807, 2.05) is 6.07 Å². The molecule has 27 heavy (non-hydrogen) atoms. The van der Waals surface area contributed by atoms with Gasteiger partial charge in [-0.3, -0.25) is 4.79 Å². The molecule has 4 rings (SSSR count). The minimum absolute atomic E-state index is 0. The maximum atomic E-state index is 13.0. The monoisotopic (exact) mass is 481 g/mol. The van der Waals surface area contributed by atoms with Crippen LogP contribution in [0, 0.1) is 5.92 Å². The minimum atomic E-state index is -0.0854. The lowest BCUT2D eigenvalue weighted by Crippen LogP contribution is -3.00. The van der Waals surface area contributed by atoms with Crippen LogP contribution >= 0.6 is 0 Å². The van der Waals surface area contributed by atoms with E-state index in [9.17, 15) is 4.79 Å². The SMILES string of the molecule is CC[N+]1(C)[C@@H]2CC[C@H]1CC(OC(=O)C1CCCC=C1c1ccccc1)C2.[I-]. The van der Waals surface area contributed by atoms with Crippen molar-refractivity contribution in [3.8, 4) is 0 Å². The Bertz CT molecular complexity index is 673. The number of carbonyl (C=O) groups excluding carboxylic acids is 1. The van der Waals surface area contributed by atoms with Gasteiger partial charge in [0.25, 0.3) is 0 Å². The minimum Gasteiger partial charge on any atom is -1.00 e. The molecular weight excluding hydrogens is 449 g/mol. The number of ether oxygens (including phenoxy) is 1. The topological polar surface area (TPSA) is 26.3 Å². The maximum absolute atomic E-state index is 13.0. The van der Waals surface area contributed by atoms with Crippen LogP contribution in [0.1, 0.15) is 57.4 Å². The largest absolute Gasteiger partial charge is 1.00 e. The van der Waals surface area contributed by atoms with Gasteiger partial charge >= 0.3 is 5.97 Å². The quantitative estimate of drug-likeness (QED) is 0.371. The van der Waals surface area contributed by atoms with Gasteiger partial charge in [0, 0.05) is 25.7 Å². The highest BCUT2D eigenvalue weighted by Gasteiger charge is 2.51. The van der Waals surface area contributed by atoms with E-state index < -0.39 is 0 Å². The second-order valence-electron chi connectivity index (χ2n) is 8.59. The Balaban J connectivity index is 0.00000210. The van der Waals surface area contributed by atoms with Gasteiger partial charge in [0.15, 0.2) is 0 Å². The van der Waals surface area contributed by atoms with Crippen molar-refractivity contribution in [1.29, 1.82) is 0 Å². The molecule has 3 nitrogen and oxygen atoms in total. The smallest absolute Gasteiger partial charge is 0.313 e. The van der Waals surface area contributed by atoms with E-state index in [4.69, 9.17) is 4.74 Å². The summed E-state index contributed by atoms with van der Waals surface area (Å²) in [5.74, 6) is -0.0745. The molecule has 2 bridgehead atoms. The number of esters is 1. The standard InChI is InChI=1S/C23H32NO2.HI/c1-3-24(2)18-13-14-19(24)16-20(15-18)26-23(25)22-12-8-7-11-21(22)17-9-5-4-6-10-17;/h4-6,9-11,18-20,22H,3,7-8,12-16H2,1-2H3;1H/q+1;/p-1/t18-,19+,20?,22?,24?;. The predicted octanol–water partition coefficient (Wildman–Crippen LogP) is 1.58. The fraction of sp³-hybridized carbons (Fsp3) is 0.609. The molecule has 3 unspecified atom stereocenters. The molecule has 2 aliphatic heterocycles. The van der Waals surface area contributed by atoms with Crippen molar-refractivity contribution < 1.29 is 38.0 Å². The Hall–Kier alpha value is -0.880. The van der Waals surface area contributed by atoms with E-state index in [0.717, 1.165) is 32.1 Å². The lowest BCUT2D eigenvalue weighted by Gasteiger charge is -2.46. The number of quaternary nitrogens is 1. The van der Waals surface area contributed by atoms with E-state index in [-0.39, 0.29) is 42.0 Å². The number of carbonyl (C=O) groups is 1. The van der Waals surface area contributed by atoms with Crippen molar-refractivity contribution in [2.24, 2.45) is 5.92 Å². The molecule has 0 saturated carbocycles. The van der Waals surface area contributed by atoms with E-state index in [1.54, 1.807) is 0 Å². The lowest BCUT2D eigenvalue weighted by atomic mass is 9.83. The number of rotatable bonds is 4. The zero-order valence-corrected chi connectivity index (χ0v) is 18.7. The molecule has 2 fully saturated rings. The first-order valence-electron chi connectivity index (χ1n) is 10.4. The number of hydrogen-bond donors (Lipinski definition) is 0. The number of benzene rings is 1. The zero-order valence-electron chi connectivity index (χ0n) is 16.6. The molecular formula is C23H32INO2. The Kier molecular flexibility index (Phi) is 6.67. The first kappa shape index (κ1) is 20.8. The summed E-state index contributed by atoms with van der Waals surface area (Å²) in [6.45, 7) is 3.50. The summed E-state index contributed by atoms with van der Waals surface area (Å²) in [6, 6.07) is 11.7. The van der Waals surface area contributed by atoms with Crippen LogP contribution in [0.5, 0.6) is 0 Å². The van der Waals surface area contributed by atoms with Crippen LogP contribution in [-0.4, -0.2) is 42.2 Å². The van der Waals surface area contributed by atoms with E-state index in [0.29, 0.717) is 12.1 Å². The van der Waals surface area contributed by atoms with Crippen LogP contribution < -0.4 is 24.0 Å². The van der Waals surface area contributed by atoms with Crippen LogP contribution in [-0.2, 0) is 9.53 Å². The van der Waals surface area contributed by atoms with Crippen molar-refractivity contribution in [2.45, 2.75) is 70.1 Å². The van der Waals surface area contributed by atoms with Crippen molar-refractivity contribution in [2.75, 3.05) is 13.6 Å². The Morgan fingerprint density at radius 3 is 2.41 bits per heavy atom. The second kappa shape index (κ2) is 8.64. The summed E-state index contributed by atoms with van der Waals surface area (Å²) in [6.07, 6.45) is 10.1. The lowest BCUT2D eigenvalue weighted by molar-refractivity contribution is -0.947.